The molecule has 0 fully saturated rings. The monoisotopic (exact) mass is 349 g/mol. The molecule has 0 aliphatic carbocycles. The molecule has 0 spiro atoms. The maximum atomic E-state index is 6.20. The summed E-state index contributed by atoms with van der Waals surface area (Å²) < 4.78 is 0. The Balaban J connectivity index is 1.95. The topological polar surface area (TPSA) is 70.8 Å². The van der Waals surface area contributed by atoms with Crippen molar-refractivity contribution in [2.24, 2.45) is 0 Å². The van der Waals surface area contributed by atoms with E-state index < -0.39 is 0 Å². The number of H-pyrrole nitrogens is 1. The molecule has 0 aliphatic heterocycles. The van der Waals surface area contributed by atoms with Crippen LogP contribution in [0.4, 0.5) is 23.1 Å². The molecule has 0 radical (unpaired) electrons. The molecule has 3 N–H and O–H groups in total. The van der Waals surface area contributed by atoms with E-state index in [1.54, 1.807) is 0 Å². The number of rotatable bonds is 3. The number of halogens is 1. The average Bonchev–Trinajstić information content (AvgIpc) is 3.01. The van der Waals surface area contributed by atoms with Crippen molar-refractivity contribution in [2.45, 2.75) is 6.92 Å². The van der Waals surface area contributed by atoms with E-state index in [1.165, 1.54) is 0 Å². The number of nitrogen functional groups attached to an aromatic ring is 1. The zero-order valence-corrected chi connectivity index (χ0v) is 14.3. The van der Waals surface area contributed by atoms with E-state index in [1.807, 2.05) is 72.5 Å². The third kappa shape index (κ3) is 2.90. The van der Waals surface area contributed by atoms with Gasteiger partial charge in [0.15, 0.2) is 5.82 Å². The summed E-state index contributed by atoms with van der Waals surface area (Å²) in [6, 6.07) is 19.4. The van der Waals surface area contributed by atoms with Gasteiger partial charge in [0.25, 0.3) is 0 Å². The van der Waals surface area contributed by atoms with Gasteiger partial charge in [-0.15, -0.1) is 0 Å². The summed E-state index contributed by atoms with van der Waals surface area (Å²) in [6.45, 7) is 1.95. The largest absolute Gasteiger partial charge is 0.383 e. The fourth-order valence-electron chi connectivity index (χ4n) is 2.84. The fraction of sp³-hybridized carbons (Fsp3) is 0.0526. The van der Waals surface area contributed by atoms with Crippen LogP contribution < -0.4 is 10.6 Å². The lowest BCUT2D eigenvalue weighted by Gasteiger charge is -2.22. The van der Waals surface area contributed by atoms with Crippen molar-refractivity contribution in [3.8, 4) is 0 Å². The van der Waals surface area contributed by atoms with Gasteiger partial charge in [-0.25, -0.2) is 4.98 Å². The second-order valence-corrected chi connectivity index (χ2v) is 6.25. The second kappa shape index (κ2) is 6.11. The van der Waals surface area contributed by atoms with Crippen molar-refractivity contribution in [3.63, 3.8) is 0 Å². The van der Waals surface area contributed by atoms with E-state index in [-0.39, 0.29) is 0 Å². The van der Waals surface area contributed by atoms with Crippen molar-refractivity contribution in [1.29, 1.82) is 0 Å². The minimum atomic E-state index is 0.479. The van der Waals surface area contributed by atoms with Crippen LogP contribution in [0.3, 0.4) is 0 Å². The van der Waals surface area contributed by atoms with Gasteiger partial charge >= 0.3 is 0 Å². The zero-order chi connectivity index (χ0) is 17.4. The summed E-state index contributed by atoms with van der Waals surface area (Å²) in [5.41, 5.74) is 8.01. The van der Waals surface area contributed by atoms with Gasteiger partial charge in [0.05, 0.1) is 5.69 Å². The number of aromatic nitrogens is 3. The first-order valence-corrected chi connectivity index (χ1v) is 8.22. The van der Waals surface area contributed by atoms with Gasteiger partial charge in [-0.2, -0.15) is 5.10 Å². The quantitative estimate of drug-likeness (QED) is 0.547. The van der Waals surface area contributed by atoms with Crippen molar-refractivity contribution in [3.05, 3.63) is 71.4 Å². The van der Waals surface area contributed by atoms with Crippen LogP contribution in [0, 0.1) is 6.92 Å². The second-order valence-electron chi connectivity index (χ2n) is 5.81. The Bertz CT molecular complexity index is 1060. The van der Waals surface area contributed by atoms with E-state index in [4.69, 9.17) is 17.3 Å². The number of aromatic amines is 1. The highest BCUT2D eigenvalue weighted by Crippen LogP contribution is 2.35. The Hall–Kier alpha value is -3.05. The molecule has 6 heteroatoms. The van der Waals surface area contributed by atoms with Crippen LogP contribution in [0.1, 0.15) is 5.69 Å². The number of nitrogens with one attached hydrogen (secondary N) is 1. The normalized spacial score (nSPS) is 11.0. The third-order valence-corrected chi connectivity index (χ3v) is 4.21. The van der Waals surface area contributed by atoms with Crippen LogP contribution in [-0.4, -0.2) is 15.2 Å². The average molecular weight is 350 g/mol. The number of anilines is 4. The van der Waals surface area contributed by atoms with Crippen molar-refractivity contribution < 1.29 is 0 Å². The summed E-state index contributed by atoms with van der Waals surface area (Å²) in [4.78, 5) is 6.53. The van der Waals surface area contributed by atoms with E-state index >= 15 is 0 Å². The molecular weight excluding hydrogens is 334 g/mol. The molecule has 0 amide bonds. The highest BCUT2D eigenvalue weighted by atomic mass is 35.5. The highest BCUT2D eigenvalue weighted by molar-refractivity contribution is 6.30. The smallest absolute Gasteiger partial charge is 0.160 e. The zero-order valence-electron chi connectivity index (χ0n) is 13.6. The molecular formula is C19H16ClN5. The Morgan fingerprint density at radius 3 is 2.60 bits per heavy atom. The van der Waals surface area contributed by atoms with E-state index in [0.29, 0.717) is 16.7 Å². The lowest BCUT2D eigenvalue weighted by Crippen LogP contribution is -2.13. The molecule has 2 aromatic heterocycles. The minimum absolute atomic E-state index is 0.479. The number of aryl methyl sites for hydroxylation is 1. The first-order chi connectivity index (χ1) is 12.1. The predicted molar refractivity (Wildman–Crippen MR) is 103 cm³/mol. The first-order valence-electron chi connectivity index (χ1n) is 7.85. The van der Waals surface area contributed by atoms with Crippen molar-refractivity contribution in [2.75, 3.05) is 10.6 Å². The van der Waals surface area contributed by atoms with Crippen LogP contribution in [0.5, 0.6) is 0 Å². The van der Waals surface area contributed by atoms with Crippen LogP contribution in [0.2, 0.25) is 5.02 Å². The number of nitrogens with zero attached hydrogens (tertiary/aromatic N) is 3. The lowest BCUT2D eigenvalue weighted by molar-refractivity contribution is 1.02. The Morgan fingerprint density at radius 1 is 1.00 bits per heavy atom. The number of nitrogens with two attached hydrogens (primary N) is 1. The molecule has 2 heterocycles. The summed E-state index contributed by atoms with van der Waals surface area (Å²) >= 11 is 6.20. The standard InChI is InChI=1S/C19H16ClN5/c1-12-9-18(24-23-12)25(15-7-4-6-14(20)11-15)17-10-13-5-2-3-8-16(13)19(21)22-17/h2-11H,1H3,(H2,21,22)(H,23,24). The van der Waals surface area contributed by atoms with Crippen LogP contribution in [-0.2, 0) is 0 Å². The van der Waals surface area contributed by atoms with Gasteiger partial charge in [-0.05, 0) is 36.6 Å². The predicted octanol–water partition coefficient (Wildman–Crippen LogP) is 4.97. The van der Waals surface area contributed by atoms with E-state index in [0.717, 1.165) is 28.0 Å². The number of fused-ring (bicyclic) bond motifs is 1. The Morgan fingerprint density at radius 2 is 1.84 bits per heavy atom. The third-order valence-electron chi connectivity index (χ3n) is 3.97. The number of benzene rings is 2. The molecule has 25 heavy (non-hydrogen) atoms. The number of hydrogen-bond acceptors (Lipinski definition) is 4. The van der Waals surface area contributed by atoms with Gasteiger partial charge < -0.3 is 5.73 Å². The molecule has 4 aromatic rings. The molecule has 4 rings (SSSR count). The maximum absolute atomic E-state index is 6.20. The van der Waals surface area contributed by atoms with Gasteiger partial charge in [0.1, 0.15) is 11.6 Å². The van der Waals surface area contributed by atoms with Gasteiger partial charge in [0, 0.05) is 22.2 Å². The van der Waals surface area contributed by atoms with E-state index in [9.17, 15) is 0 Å². The van der Waals surface area contributed by atoms with Gasteiger partial charge in [-0.3, -0.25) is 10.00 Å². The number of pyridine rings is 1. The van der Waals surface area contributed by atoms with Crippen LogP contribution in [0.25, 0.3) is 10.8 Å². The molecule has 124 valence electrons. The Labute approximate surface area is 150 Å². The molecule has 0 unspecified atom stereocenters. The number of hydrogen-bond donors (Lipinski definition) is 2. The lowest BCUT2D eigenvalue weighted by atomic mass is 10.1. The molecule has 0 aliphatic rings. The SMILES string of the molecule is Cc1cc(N(c2cccc(Cl)c2)c2cc3ccccc3c(N)n2)n[nH]1. The van der Waals surface area contributed by atoms with Crippen molar-refractivity contribution >= 4 is 45.5 Å². The fourth-order valence-corrected chi connectivity index (χ4v) is 3.03. The molecule has 0 saturated heterocycles. The molecule has 0 saturated carbocycles. The maximum Gasteiger partial charge on any atom is 0.160 e. The molecule has 0 bridgehead atoms. The molecule has 0 atom stereocenters. The van der Waals surface area contributed by atoms with Gasteiger partial charge in [-0.1, -0.05) is 41.9 Å². The van der Waals surface area contributed by atoms with Crippen molar-refractivity contribution in [1.82, 2.24) is 15.2 Å². The summed E-state index contributed by atoms with van der Waals surface area (Å²) in [5.74, 6) is 1.89. The Kier molecular flexibility index (Phi) is 3.78. The van der Waals surface area contributed by atoms with E-state index in [2.05, 4.69) is 15.2 Å². The minimum Gasteiger partial charge on any atom is -0.383 e. The summed E-state index contributed by atoms with van der Waals surface area (Å²) in [5, 5.41) is 9.94. The van der Waals surface area contributed by atoms with Crippen LogP contribution in [0.15, 0.2) is 60.7 Å². The first kappa shape index (κ1) is 15.5. The van der Waals surface area contributed by atoms with Gasteiger partial charge in [0.2, 0.25) is 0 Å². The summed E-state index contributed by atoms with van der Waals surface area (Å²) in [7, 11) is 0. The molecule has 5 nitrogen and oxygen atoms in total. The molecule has 2 aromatic carbocycles. The van der Waals surface area contributed by atoms with Crippen LogP contribution >= 0.6 is 11.6 Å². The summed E-state index contributed by atoms with van der Waals surface area (Å²) in [6.07, 6.45) is 0. The highest BCUT2D eigenvalue weighted by Gasteiger charge is 2.18.